The van der Waals surface area contributed by atoms with Crippen molar-refractivity contribution in [2.75, 3.05) is 5.32 Å². The molecule has 1 rings (SSSR count). The van der Waals surface area contributed by atoms with Gasteiger partial charge in [0.15, 0.2) is 0 Å². The molecule has 20 heavy (non-hydrogen) atoms. The van der Waals surface area contributed by atoms with Crippen LogP contribution in [0.4, 0.5) is 10.5 Å². The maximum atomic E-state index is 11.6. The average molecular weight is 272 g/mol. The highest BCUT2D eigenvalue weighted by molar-refractivity contribution is 5.90. The highest BCUT2D eigenvalue weighted by Crippen LogP contribution is 2.14. The van der Waals surface area contributed by atoms with Crippen LogP contribution < -0.4 is 10.6 Å². The van der Waals surface area contributed by atoms with Crippen LogP contribution in [-0.4, -0.2) is 23.1 Å². The normalized spacial score (nSPS) is 10.8. The van der Waals surface area contributed by atoms with Crippen molar-refractivity contribution in [2.45, 2.75) is 19.4 Å². The number of aliphatic carboxylic acids is 1. The Bertz CT molecular complexity index is 613. The van der Waals surface area contributed by atoms with E-state index in [1.165, 1.54) is 18.2 Å². The van der Waals surface area contributed by atoms with E-state index >= 15 is 0 Å². The summed E-state index contributed by atoms with van der Waals surface area (Å²) in [4.78, 5) is 22.1. The second kappa shape index (κ2) is 6.76. The molecule has 0 aromatic heterocycles. The lowest BCUT2D eigenvalue weighted by Gasteiger charge is -2.12. The number of amides is 2. The molecule has 0 aliphatic carbocycles. The summed E-state index contributed by atoms with van der Waals surface area (Å²) in [5.41, 5.74) is 0.724. The van der Waals surface area contributed by atoms with Crippen LogP contribution in [0.2, 0.25) is 0 Å². The third-order valence-electron chi connectivity index (χ3n) is 2.38. The molecule has 0 heterocycles. The van der Waals surface area contributed by atoms with Crippen LogP contribution in [0.1, 0.15) is 24.5 Å². The molecule has 0 bridgehead atoms. The maximum absolute atomic E-state index is 11.6. The monoisotopic (exact) mass is 272 g/mol. The van der Waals surface area contributed by atoms with Crippen LogP contribution in [0.25, 0.3) is 0 Å². The first-order valence-electron chi connectivity index (χ1n) is 5.69. The Balaban J connectivity index is 2.70. The quantitative estimate of drug-likeness (QED) is 0.763. The predicted octanol–water partition coefficient (Wildman–Crippen LogP) is 1.41. The van der Waals surface area contributed by atoms with Crippen LogP contribution in [-0.2, 0) is 4.79 Å². The number of nitriles is 2. The van der Waals surface area contributed by atoms with Crippen molar-refractivity contribution in [2.24, 2.45) is 0 Å². The van der Waals surface area contributed by atoms with E-state index in [9.17, 15) is 9.59 Å². The molecule has 1 atom stereocenters. The molecule has 0 saturated carbocycles. The molecule has 0 saturated heterocycles. The molecule has 1 aromatic rings. The average Bonchev–Trinajstić information content (AvgIpc) is 2.37. The van der Waals surface area contributed by atoms with Gasteiger partial charge in [-0.15, -0.1) is 0 Å². The molecule has 7 heteroatoms. The molecule has 0 spiro atoms. The second-order valence-electron chi connectivity index (χ2n) is 4.08. The van der Waals surface area contributed by atoms with Gasteiger partial charge in [0.1, 0.15) is 12.1 Å². The number of rotatable bonds is 4. The first kappa shape index (κ1) is 15.0. The molecule has 7 nitrogen and oxygen atoms in total. The highest BCUT2D eigenvalue weighted by atomic mass is 16.4. The molecular formula is C13H12N4O3. The maximum Gasteiger partial charge on any atom is 0.319 e. The summed E-state index contributed by atoms with van der Waals surface area (Å²) in [7, 11) is 0. The summed E-state index contributed by atoms with van der Waals surface area (Å²) in [6.45, 7) is 1.56. The second-order valence-corrected chi connectivity index (χ2v) is 4.08. The molecule has 102 valence electrons. The van der Waals surface area contributed by atoms with E-state index in [4.69, 9.17) is 15.6 Å². The third kappa shape index (κ3) is 4.31. The Hall–Kier alpha value is -3.06. The smallest absolute Gasteiger partial charge is 0.319 e. The van der Waals surface area contributed by atoms with Crippen LogP contribution in [0.3, 0.4) is 0 Å². The van der Waals surface area contributed by atoms with Crippen molar-refractivity contribution >= 4 is 17.7 Å². The number of hydrogen-bond donors (Lipinski definition) is 3. The first-order chi connectivity index (χ1) is 9.46. The number of carbonyl (C=O) groups excluding carboxylic acids is 1. The number of urea groups is 1. The molecule has 1 aromatic carbocycles. The van der Waals surface area contributed by atoms with Crippen molar-refractivity contribution in [3.63, 3.8) is 0 Å². The van der Waals surface area contributed by atoms with Crippen LogP contribution >= 0.6 is 0 Å². The lowest BCUT2D eigenvalue weighted by molar-refractivity contribution is -0.137. The van der Waals surface area contributed by atoms with Crippen LogP contribution in [0, 0.1) is 22.7 Å². The number of carbonyl (C=O) groups is 2. The third-order valence-corrected chi connectivity index (χ3v) is 2.38. The number of nitrogens with one attached hydrogen (secondary N) is 2. The van der Waals surface area contributed by atoms with Gasteiger partial charge in [0, 0.05) is 11.7 Å². The Labute approximate surface area is 115 Å². The number of nitrogens with zero attached hydrogens (tertiary/aromatic N) is 2. The van der Waals surface area contributed by atoms with Gasteiger partial charge in [0.05, 0.1) is 17.5 Å². The molecule has 0 aliphatic heterocycles. The van der Waals surface area contributed by atoms with E-state index in [-0.39, 0.29) is 17.5 Å². The number of carboxylic acid groups (broad SMARTS) is 1. The highest BCUT2D eigenvalue weighted by Gasteiger charge is 2.11. The van der Waals surface area contributed by atoms with Crippen LogP contribution in [0.5, 0.6) is 0 Å². The topological polar surface area (TPSA) is 126 Å². The molecule has 2 amide bonds. The number of carboxylic acids is 1. The zero-order valence-corrected chi connectivity index (χ0v) is 10.7. The molecule has 0 fully saturated rings. The van der Waals surface area contributed by atoms with Crippen molar-refractivity contribution < 1.29 is 14.7 Å². The Morgan fingerprint density at radius 1 is 1.30 bits per heavy atom. The fourth-order valence-electron chi connectivity index (χ4n) is 1.52. The summed E-state index contributed by atoms with van der Waals surface area (Å²) >= 11 is 0. The number of benzene rings is 1. The van der Waals surface area contributed by atoms with Gasteiger partial charge < -0.3 is 15.7 Å². The molecule has 0 radical (unpaired) electrons. The zero-order chi connectivity index (χ0) is 15.1. The van der Waals surface area contributed by atoms with Crippen molar-refractivity contribution in [1.29, 1.82) is 10.5 Å². The van der Waals surface area contributed by atoms with Gasteiger partial charge in [-0.2, -0.15) is 10.5 Å². The minimum Gasteiger partial charge on any atom is -0.481 e. The van der Waals surface area contributed by atoms with Crippen molar-refractivity contribution in [3.05, 3.63) is 29.3 Å². The fraction of sp³-hybridized carbons (Fsp3) is 0.231. The largest absolute Gasteiger partial charge is 0.481 e. The molecular weight excluding hydrogens is 260 g/mol. The summed E-state index contributed by atoms with van der Waals surface area (Å²) in [6.07, 6.45) is -0.190. The Kier molecular flexibility index (Phi) is 5.07. The van der Waals surface area contributed by atoms with Crippen molar-refractivity contribution in [3.8, 4) is 12.1 Å². The molecule has 3 N–H and O–H groups in total. The van der Waals surface area contributed by atoms with Gasteiger partial charge in [-0.1, -0.05) is 0 Å². The first-order valence-corrected chi connectivity index (χ1v) is 5.69. The lowest BCUT2D eigenvalue weighted by Crippen LogP contribution is -2.37. The van der Waals surface area contributed by atoms with Gasteiger partial charge in [0.2, 0.25) is 0 Å². The van der Waals surface area contributed by atoms with Crippen LogP contribution in [0.15, 0.2) is 18.2 Å². The summed E-state index contributed by atoms with van der Waals surface area (Å²) in [5, 5.41) is 31.1. The zero-order valence-electron chi connectivity index (χ0n) is 10.7. The van der Waals surface area contributed by atoms with Gasteiger partial charge in [-0.05, 0) is 25.1 Å². The van der Waals surface area contributed by atoms with Gasteiger partial charge in [0.25, 0.3) is 0 Å². The van der Waals surface area contributed by atoms with E-state index in [0.717, 1.165) is 0 Å². The van der Waals surface area contributed by atoms with E-state index in [1.54, 1.807) is 6.92 Å². The van der Waals surface area contributed by atoms with E-state index in [0.29, 0.717) is 5.69 Å². The standard InChI is InChI=1S/C13H12N4O3/c1-8(4-12(18)19)16-13(20)17-11-3-2-9(6-14)10(5-11)7-15/h2-3,5,8H,4H2,1H3,(H,18,19)(H2,16,17,20). The Morgan fingerprint density at radius 2 is 1.95 bits per heavy atom. The Morgan fingerprint density at radius 3 is 2.50 bits per heavy atom. The summed E-state index contributed by atoms with van der Waals surface area (Å²) in [6, 6.07) is 6.90. The molecule has 1 unspecified atom stereocenters. The number of anilines is 1. The lowest BCUT2D eigenvalue weighted by atomic mass is 10.1. The van der Waals surface area contributed by atoms with Gasteiger partial charge in [-0.25, -0.2) is 4.79 Å². The predicted molar refractivity (Wildman–Crippen MR) is 69.7 cm³/mol. The van der Waals surface area contributed by atoms with Crippen molar-refractivity contribution in [1.82, 2.24) is 5.32 Å². The fourth-order valence-corrected chi connectivity index (χ4v) is 1.52. The minimum atomic E-state index is -1.01. The van der Waals surface area contributed by atoms with E-state index in [2.05, 4.69) is 10.6 Å². The minimum absolute atomic E-state index is 0.156. The molecule has 0 aliphatic rings. The number of hydrogen-bond acceptors (Lipinski definition) is 4. The van der Waals surface area contributed by atoms with Gasteiger partial charge in [-0.3, -0.25) is 4.79 Å². The van der Waals surface area contributed by atoms with E-state index in [1.807, 2.05) is 12.1 Å². The van der Waals surface area contributed by atoms with Gasteiger partial charge >= 0.3 is 12.0 Å². The van der Waals surface area contributed by atoms with E-state index < -0.39 is 18.0 Å². The SMILES string of the molecule is CC(CC(=O)O)NC(=O)Nc1ccc(C#N)c(C#N)c1. The summed E-state index contributed by atoms with van der Waals surface area (Å²) < 4.78 is 0. The summed E-state index contributed by atoms with van der Waals surface area (Å²) in [5.74, 6) is -1.01.